The number of nitrogens with zero attached hydrogens (tertiary/aromatic N) is 4. The third kappa shape index (κ3) is 6.04. The lowest BCUT2D eigenvalue weighted by molar-refractivity contribution is 0.0391. The Hall–Kier alpha value is -3.36. The maximum Gasteiger partial charge on any atom is 0.264 e. The van der Waals surface area contributed by atoms with Crippen molar-refractivity contribution in [3.8, 4) is 0 Å². The molecule has 2 aliphatic heterocycles. The molecule has 0 atom stereocenters. The monoisotopic (exact) mass is 640 g/mol. The van der Waals surface area contributed by atoms with Gasteiger partial charge in [0, 0.05) is 44.5 Å². The number of thiazole rings is 1. The number of anilines is 2. The van der Waals surface area contributed by atoms with Crippen molar-refractivity contribution in [2.45, 2.75) is 22.6 Å². The average Bonchev–Trinajstić information content (AvgIpc) is 3.45. The molecule has 1 aromatic heterocycles. The number of benzene rings is 3. The van der Waals surface area contributed by atoms with Crippen LogP contribution in [0.15, 0.2) is 76.5 Å². The van der Waals surface area contributed by atoms with Crippen molar-refractivity contribution in [3.05, 3.63) is 77.9 Å². The number of carbonyl (C=O) groups is 1. The summed E-state index contributed by atoms with van der Waals surface area (Å²) >= 11 is 1.25. The van der Waals surface area contributed by atoms with Crippen LogP contribution in [0, 0.1) is 0 Å². The Morgan fingerprint density at radius 2 is 1.70 bits per heavy atom. The molecule has 0 spiro atoms. The molecule has 0 radical (unpaired) electrons. The molecule has 0 N–H and O–H groups in total. The van der Waals surface area contributed by atoms with Crippen molar-refractivity contribution in [3.63, 3.8) is 0 Å². The summed E-state index contributed by atoms with van der Waals surface area (Å²) in [5, 5.41) is 0.381. The lowest BCUT2D eigenvalue weighted by atomic mass is 10.0. The summed E-state index contributed by atoms with van der Waals surface area (Å²) in [6.45, 7) is 4.00. The number of para-hydroxylation sites is 2. The van der Waals surface area contributed by atoms with Gasteiger partial charge in [0.1, 0.15) is 5.52 Å². The molecule has 2 aliphatic rings. The number of aryl methyl sites for hydroxylation is 1. The molecule has 6 rings (SSSR count). The first-order valence-electron chi connectivity index (χ1n) is 14.1. The molecule has 4 aromatic rings. The van der Waals surface area contributed by atoms with Crippen molar-refractivity contribution < 1.29 is 26.4 Å². The highest BCUT2D eigenvalue weighted by Crippen LogP contribution is 2.34. The fourth-order valence-electron chi connectivity index (χ4n) is 5.48. The highest BCUT2D eigenvalue weighted by Gasteiger charge is 2.30. The lowest BCUT2D eigenvalue weighted by Crippen LogP contribution is -2.43. The molecule has 1 amide bonds. The number of aromatic nitrogens is 1. The SMILES string of the molecule is CS(=O)(=O)c1cccc2sc(N(CCN3CCOCC3)C(=O)c3ccc(S(=O)(=O)N4CCCc5ccccc54)cc3)nc12. The topological polar surface area (TPSA) is 117 Å². The molecule has 0 saturated carbocycles. The quantitative estimate of drug-likeness (QED) is 0.286. The van der Waals surface area contributed by atoms with Crippen LogP contribution in [-0.4, -0.2) is 84.8 Å². The summed E-state index contributed by atoms with van der Waals surface area (Å²) in [6, 6.07) is 18.5. The largest absolute Gasteiger partial charge is 0.379 e. The molecular weight excluding hydrogens is 609 g/mol. The molecule has 0 aliphatic carbocycles. The molecule has 1 saturated heterocycles. The summed E-state index contributed by atoms with van der Waals surface area (Å²) in [4.78, 5) is 22.6. The van der Waals surface area contributed by atoms with Crippen molar-refractivity contribution in [1.82, 2.24) is 9.88 Å². The third-order valence-electron chi connectivity index (χ3n) is 7.75. The van der Waals surface area contributed by atoms with E-state index in [1.165, 1.54) is 46.0 Å². The smallest absolute Gasteiger partial charge is 0.264 e. The maximum absolute atomic E-state index is 14.0. The molecule has 43 heavy (non-hydrogen) atoms. The molecular formula is C30H32N4O6S3. The Balaban J connectivity index is 1.31. The first kappa shape index (κ1) is 29.7. The van der Waals surface area contributed by atoms with Crippen molar-refractivity contribution in [1.29, 1.82) is 0 Å². The molecule has 3 heterocycles. The first-order chi connectivity index (χ1) is 20.6. The van der Waals surface area contributed by atoms with Gasteiger partial charge in [-0.3, -0.25) is 18.9 Å². The number of sulfone groups is 1. The zero-order valence-corrected chi connectivity index (χ0v) is 26.1. The molecule has 13 heteroatoms. The van der Waals surface area contributed by atoms with Crippen LogP contribution in [0.25, 0.3) is 10.2 Å². The van der Waals surface area contributed by atoms with Crippen molar-refractivity contribution in [2.24, 2.45) is 0 Å². The van der Waals surface area contributed by atoms with E-state index >= 15 is 0 Å². The van der Waals surface area contributed by atoms with Gasteiger partial charge in [-0.05, 0) is 60.9 Å². The predicted molar refractivity (Wildman–Crippen MR) is 167 cm³/mol. The number of hydrogen-bond donors (Lipinski definition) is 0. The molecule has 3 aromatic carbocycles. The number of amides is 1. The lowest BCUT2D eigenvalue weighted by Gasteiger charge is -2.30. The van der Waals surface area contributed by atoms with Gasteiger partial charge in [-0.1, -0.05) is 35.6 Å². The van der Waals surface area contributed by atoms with E-state index in [9.17, 15) is 21.6 Å². The average molecular weight is 641 g/mol. The highest BCUT2D eigenvalue weighted by molar-refractivity contribution is 7.92. The minimum Gasteiger partial charge on any atom is -0.379 e. The van der Waals surface area contributed by atoms with Gasteiger partial charge < -0.3 is 4.74 Å². The first-order valence-corrected chi connectivity index (χ1v) is 18.2. The van der Waals surface area contributed by atoms with E-state index in [0.717, 1.165) is 37.8 Å². The number of sulfonamides is 1. The van der Waals surface area contributed by atoms with Crippen LogP contribution in [0.4, 0.5) is 10.8 Å². The number of hydrogen-bond acceptors (Lipinski definition) is 9. The van der Waals surface area contributed by atoms with E-state index in [4.69, 9.17) is 4.74 Å². The fourth-order valence-corrected chi connectivity index (χ4v) is 8.93. The van der Waals surface area contributed by atoms with E-state index in [2.05, 4.69) is 9.88 Å². The van der Waals surface area contributed by atoms with Crippen LogP contribution in [0.1, 0.15) is 22.3 Å². The summed E-state index contributed by atoms with van der Waals surface area (Å²) < 4.78 is 59.7. The van der Waals surface area contributed by atoms with E-state index in [1.54, 1.807) is 17.0 Å². The Labute approximate surface area is 255 Å². The summed E-state index contributed by atoms with van der Waals surface area (Å²) in [6.07, 6.45) is 2.70. The zero-order chi connectivity index (χ0) is 30.2. The van der Waals surface area contributed by atoms with Crippen LogP contribution in [0.2, 0.25) is 0 Å². The maximum atomic E-state index is 14.0. The zero-order valence-electron chi connectivity index (χ0n) is 23.7. The number of fused-ring (bicyclic) bond motifs is 2. The van der Waals surface area contributed by atoms with Crippen LogP contribution in [0.3, 0.4) is 0 Å². The fraction of sp³-hybridized carbons (Fsp3) is 0.333. The standard InChI is InChI=1S/C30H32N4O6S3/c1-42(36,37)27-10-4-9-26-28(27)31-30(41-26)33(17-16-32-18-20-40-21-19-32)29(35)23-11-13-24(14-12-23)43(38,39)34-15-5-7-22-6-2-3-8-25(22)34/h2-4,6,8-14H,5,7,15-21H2,1H3. The van der Waals surface area contributed by atoms with E-state index in [1.807, 2.05) is 24.3 Å². The Morgan fingerprint density at radius 1 is 0.953 bits per heavy atom. The number of morpholine rings is 1. The van der Waals surface area contributed by atoms with Crippen LogP contribution >= 0.6 is 11.3 Å². The van der Waals surface area contributed by atoms with E-state index < -0.39 is 19.9 Å². The van der Waals surface area contributed by atoms with Gasteiger partial charge in [-0.15, -0.1) is 0 Å². The normalized spacial score (nSPS) is 16.3. The Morgan fingerprint density at radius 3 is 2.44 bits per heavy atom. The second kappa shape index (κ2) is 12.0. The second-order valence-corrected chi connectivity index (χ2v) is 15.5. The Bertz CT molecular complexity index is 1870. The van der Waals surface area contributed by atoms with E-state index in [0.29, 0.717) is 59.4 Å². The third-order valence-corrected chi connectivity index (χ3v) is 11.7. The van der Waals surface area contributed by atoms with Gasteiger partial charge in [0.2, 0.25) is 0 Å². The van der Waals surface area contributed by atoms with Gasteiger partial charge in [-0.2, -0.15) is 0 Å². The number of rotatable bonds is 8. The molecule has 226 valence electrons. The molecule has 10 nitrogen and oxygen atoms in total. The van der Waals surface area contributed by atoms with Gasteiger partial charge in [0.15, 0.2) is 15.0 Å². The van der Waals surface area contributed by atoms with E-state index in [-0.39, 0.29) is 15.7 Å². The van der Waals surface area contributed by atoms with Crippen LogP contribution in [0.5, 0.6) is 0 Å². The van der Waals surface area contributed by atoms with Crippen molar-refractivity contribution in [2.75, 3.05) is 61.4 Å². The van der Waals surface area contributed by atoms with Gasteiger partial charge >= 0.3 is 0 Å². The van der Waals surface area contributed by atoms with Crippen molar-refractivity contribution >= 4 is 58.1 Å². The van der Waals surface area contributed by atoms with Gasteiger partial charge in [-0.25, -0.2) is 21.8 Å². The Kier molecular flexibility index (Phi) is 8.26. The molecule has 1 fully saturated rings. The minimum absolute atomic E-state index is 0.110. The second-order valence-electron chi connectivity index (χ2n) is 10.6. The van der Waals surface area contributed by atoms with Crippen LogP contribution in [-0.2, 0) is 31.0 Å². The predicted octanol–water partition coefficient (Wildman–Crippen LogP) is 3.82. The van der Waals surface area contributed by atoms with Gasteiger partial charge in [0.25, 0.3) is 15.9 Å². The van der Waals surface area contributed by atoms with Gasteiger partial charge in [0.05, 0.1) is 33.4 Å². The molecule has 0 unspecified atom stereocenters. The molecule has 0 bridgehead atoms. The summed E-state index contributed by atoms with van der Waals surface area (Å²) in [7, 11) is -7.36. The number of carbonyl (C=O) groups excluding carboxylic acids is 1. The summed E-state index contributed by atoms with van der Waals surface area (Å²) in [5.74, 6) is -0.347. The van der Waals surface area contributed by atoms with Crippen LogP contribution < -0.4 is 9.21 Å². The summed E-state index contributed by atoms with van der Waals surface area (Å²) in [5.41, 5.74) is 2.32. The number of ether oxygens (including phenoxy) is 1. The minimum atomic E-state index is -3.83. The highest BCUT2D eigenvalue weighted by atomic mass is 32.2.